The smallest absolute Gasteiger partial charge is 0.416 e. The molecular formula is C54H57F6N7O11. The molecule has 2 aliphatic rings. The standard InChI is InChI=1S/C28H31F3N4O5.C26H26F3N3O6/c1-26(2,3)40-25(37)32-27(16-38-17-27)20-8-6-7-18(13-20)22-14-24(35(33-22)15-23(36)34(4)5)39-21-11-9-19(10-12-21)28(29,30)31;1-24(2,3)38-23(35)30-25(14-36-15-25)18-6-4-5-16(11-18)20-12-21(32(31-20)13-22(33)34)37-19-9-7-17(8-10-19)26(27,28)29/h6-14H,15-17H2,1-5H3,(H,32,37);4-12H,13-15H2,1-3H3,(H,30,35)(H,33,34). The average Bonchev–Trinajstić information content (AvgIpc) is 3.90. The number of halogens is 6. The predicted octanol–water partition coefficient (Wildman–Crippen LogP) is 10.4. The van der Waals surface area contributed by atoms with Gasteiger partial charge < -0.3 is 49.1 Å². The molecule has 0 unspecified atom stereocenters. The van der Waals surface area contributed by atoms with Crippen molar-refractivity contribution in [3.8, 4) is 45.8 Å². The molecule has 0 atom stereocenters. The minimum atomic E-state index is -4.50. The number of likely N-dealkylation sites (N-methyl/N-ethyl adjacent to an activating group) is 1. The Morgan fingerprint density at radius 3 is 1.27 bits per heavy atom. The highest BCUT2D eigenvalue weighted by Crippen LogP contribution is 2.38. The van der Waals surface area contributed by atoms with E-state index in [1.165, 1.54) is 27.8 Å². The summed E-state index contributed by atoms with van der Waals surface area (Å²) in [5.41, 5.74) is -1.01. The molecule has 6 aromatic rings. The Morgan fingerprint density at radius 2 is 0.962 bits per heavy atom. The van der Waals surface area contributed by atoms with Crippen LogP contribution in [-0.2, 0) is 65.1 Å². The highest BCUT2D eigenvalue weighted by molar-refractivity contribution is 5.76. The summed E-state index contributed by atoms with van der Waals surface area (Å²) in [7, 11) is 3.20. The number of hydrogen-bond donors (Lipinski definition) is 3. The monoisotopic (exact) mass is 1090 g/mol. The molecule has 18 nitrogen and oxygen atoms in total. The molecule has 2 saturated heterocycles. The van der Waals surface area contributed by atoms with E-state index >= 15 is 0 Å². The number of carbonyl (C=O) groups excluding carboxylic acids is 3. The number of carbonyl (C=O) groups is 4. The molecule has 4 heterocycles. The maximum absolute atomic E-state index is 13.0. The van der Waals surface area contributed by atoms with Crippen LogP contribution in [0.15, 0.2) is 109 Å². The van der Waals surface area contributed by atoms with Gasteiger partial charge in [0, 0.05) is 37.4 Å². The van der Waals surface area contributed by atoms with Crippen LogP contribution in [0.1, 0.15) is 63.8 Å². The van der Waals surface area contributed by atoms with Crippen molar-refractivity contribution >= 4 is 24.1 Å². The quantitative estimate of drug-likeness (QED) is 0.0869. The summed E-state index contributed by atoms with van der Waals surface area (Å²) in [5, 5.41) is 24.0. The number of nitrogens with zero attached hydrogens (tertiary/aromatic N) is 5. The van der Waals surface area contributed by atoms with Crippen molar-refractivity contribution in [1.29, 1.82) is 0 Å². The molecule has 78 heavy (non-hydrogen) atoms. The van der Waals surface area contributed by atoms with Crippen LogP contribution in [0.25, 0.3) is 22.5 Å². The average molecular weight is 1090 g/mol. The van der Waals surface area contributed by atoms with Crippen LogP contribution in [-0.4, -0.2) is 105 Å². The van der Waals surface area contributed by atoms with Gasteiger partial charge in [0.2, 0.25) is 17.7 Å². The number of rotatable bonds is 14. The number of aromatic nitrogens is 4. The van der Waals surface area contributed by atoms with Crippen molar-refractivity contribution < 1.29 is 79.0 Å². The van der Waals surface area contributed by atoms with Crippen molar-refractivity contribution in [2.75, 3.05) is 40.5 Å². The number of hydrogen-bond acceptors (Lipinski definition) is 12. The summed E-state index contributed by atoms with van der Waals surface area (Å²) in [6.45, 7) is 10.9. The van der Waals surface area contributed by atoms with E-state index in [-0.39, 0.29) is 62.1 Å². The van der Waals surface area contributed by atoms with Crippen LogP contribution in [0, 0.1) is 0 Å². The lowest BCUT2D eigenvalue weighted by atomic mass is 9.87. The van der Waals surface area contributed by atoms with Crippen molar-refractivity contribution in [1.82, 2.24) is 35.1 Å². The lowest BCUT2D eigenvalue weighted by Gasteiger charge is -2.42. The number of carboxylic acids is 1. The molecule has 0 saturated carbocycles. The van der Waals surface area contributed by atoms with Gasteiger partial charge >= 0.3 is 30.5 Å². The Kier molecular flexibility index (Phi) is 16.6. The first-order chi connectivity index (χ1) is 36.4. The number of nitrogens with one attached hydrogen (secondary N) is 2. The highest BCUT2D eigenvalue weighted by atomic mass is 19.4. The summed E-state index contributed by atoms with van der Waals surface area (Å²) in [6.07, 6.45) is -10.1. The molecule has 4 aromatic carbocycles. The van der Waals surface area contributed by atoms with Crippen LogP contribution in [0.3, 0.4) is 0 Å². The van der Waals surface area contributed by atoms with Crippen LogP contribution >= 0.6 is 0 Å². The van der Waals surface area contributed by atoms with Crippen molar-refractivity contribution in [3.05, 3.63) is 131 Å². The molecule has 0 aliphatic carbocycles. The van der Waals surface area contributed by atoms with Gasteiger partial charge in [0.1, 0.15) is 46.9 Å². The van der Waals surface area contributed by atoms with E-state index in [4.69, 9.17) is 28.4 Å². The molecule has 3 amide bonds. The first-order valence-corrected chi connectivity index (χ1v) is 24.1. The van der Waals surface area contributed by atoms with E-state index in [0.29, 0.717) is 22.5 Å². The summed E-state index contributed by atoms with van der Waals surface area (Å²) >= 11 is 0. The van der Waals surface area contributed by atoms with Crippen LogP contribution in [0.4, 0.5) is 35.9 Å². The second kappa shape index (κ2) is 22.5. The van der Waals surface area contributed by atoms with Crippen molar-refractivity contribution in [2.45, 2.75) is 89.3 Å². The van der Waals surface area contributed by atoms with Crippen LogP contribution in [0.2, 0.25) is 0 Å². The van der Waals surface area contributed by atoms with Gasteiger partial charge in [0.25, 0.3) is 0 Å². The number of amides is 3. The fourth-order valence-electron chi connectivity index (χ4n) is 7.72. The molecule has 2 aromatic heterocycles. The Balaban J connectivity index is 0.000000226. The third kappa shape index (κ3) is 14.7. The normalized spacial score (nSPS) is 14.8. The maximum atomic E-state index is 13.0. The Hall–Kier alpha value is -8.12. The molecular weight excluding hydrogens is 1040 g/mol. The fourth-order valence-corrected chi connectivity index (χ4v) is 7.72. The molecule has 0 spiro atoms. The molecule has 24 heteroatoms. The topological polar surface area (TPSA) is 207 Å². The van der Waals surface area contributed by atoms with Gasteiger partial charge in [-0.1, -0.05) is 36.4 Å². The van der Waals surface area contributed by atoms with E-state index in [9.17, 15) is 50.6 Å². The first-order valence-electron chi connectivity index (χ1n) is 24.1. The molecule has 2 fully saturated rings. The summed E-state index contributed by atoms with van der Waals surface area (Å²) in [5.74, 6) is -1.01. The predicted molar refractivity (Wildman–Crippen MR) is 268 cm³/mol. The first kappa shape index (κ1) is 57.6. The highest BCUT2D eigenvalue weighted by Gasteiger charge is 2.44. The number of benzene rings is 4. The minimum absolute atomic E-state index is 0.0288. The van der Waals surface area contributed by atoms with Crippen LogP contribution < -0.4 is 20.1 Å². The number of alkyl carbamates (subject to hydrolysis) is 2. The zero-order valence-electron chi connectivity index (χ0n) is 43.7. The molecule has 8 rings (SSSR count). The second-order valence-corrected chi connectivity index (χ2v) is 20.5. The zero-order valence-corrected chi connectivity index (χ0v) is 43.7. The fraction of sp³-hybridized carbons (Fsp3) is 0.370. The SMILES string of the molecule is CC(C)(C)OC(=O)NC1(c2cccc(-c3cc(Oc4ccc(C(F)(F)F)cc4)n(CC(=O)O)n3)c2)COC1.CN(C)C(=O)Cn1nc(-c2cccc(C3(NC(=O)OC(C)(C)C)COC3)c2)cc1Oc1ccc(C(F)(F)F)cc1. The van der Waals surface area contributed by atoms with Crippen LogP contribution in [0.5, 0.6) is 23.3 Å². The Labute approximate surface area is 444 Å². The van der Waals surface area contributed by atoms with E-state index in [2.05, 4.69) is 20.8 Å². The van der Waals surface area contributed by atoms with E-state index < -0.39 is 70.5 Å². The van der Waals surface area contributed by atoms with Gasteiger partial charge in [-0.15, -0.1) is 0 Å². The zero-order chi connectivity index (χ0) is 57.0. The third-order valence-corrected chi connectivity index (χ3v) is 11.7. The molecule has 2 aliphatic heterocycles. The van der Waals surface area contributed by atoms with Gasteiger partial charge in [0.15, 0.2) is 0 Å². The largest absolute Gasteiger partial charge is 0.480 e. The summed E-state index contributed by atoms with van der Waals surface area (Å²) in [4.78, 5) is 50.3. The lowest BCUT2D eigenvalue weighted by Crippen LogP contribution is -2.60. The van der Waals surface area contributed by atoms with E-state index in [0.717, 1.165) is 52.2 Å². The maximum Gasteiger partial charge on any atom is 0.416 e. The van der Waals surface area contributed by atoms with E-state index in [1.54, 1.807) is 79.9 Å². The van der Waals surface area contributed by atoms with Gasteiger partial charge in [-0.05, 0) is 113 Å². The Bertz CT molecular complexity index is 3120. The number of carboxylic acid groups (broad SMARTS) is 1. The number of ether oxygens (including phenoxy) is 6. The third-order valence-electron chi connectivity index (χ3n) is 11.7. The van der Waals surface area contributed by atoms with Crippen molar-refractivity contribution in [2.24, 2.45) is 0 Å². The number of alkyl halides is 6. The molecule has 0 bridgehead atoms. The van der Waals surface area contributed by atoms with Gasteiger partial charge in [0.05, 0.1) is 48.9 Å². The molecule has 0 radical (unpaired) electrons. The molecule has 3 N–H and O–H groups in total. The number of aliphatic carboxylic acids is 1. The minimum Gasteiger partial charge on any atom is -0.480 e. The van der Waals surface area contributed by atoms with Gasteiger partial charge in [-0.3, -0.25) is 9.59 Å². The molecule has 416 valence electrons. The van der Waals surface area contributed by atoms with E-state index in [1.807, 2.05) is 30.3 Å². The van der Waals surface area contributed by atoms with Gasteiger partial charge in [-0.25, -0.2) is 19.0 Å². The lowest BCUT2D eigenvalue weighted by molar-refractivity contribution is -0.138. The summed E-state index contributed by atoms with van der Waals surface area (Å²) < 4.78 is 113. The Morgan fingerprint density at radius 1 is 0.590 bits per heavy atom. The van der Waals surface area contributed by atoms with Gasteiger partial charge in [-0.2, -0.15) is 36.5 Å². The summed E-state index contributed by atoms with van der Waals surface area (Å²) in [6, 6.07) is 25.8. The van der Waals surface area contributed by atoms with Crippen molar-refractivity contribution in [3.63, 3.8) is 0 Å². The second-order valence-electron chi connectivity index (χ2n) is 20.5.